The minimum atomic E-state index is -6.13. The molecule has 0 saturated heterocycles. The lowest BCUT2D eigenvalue weighted by molar-refractivity contribution is -0.144. The van der Waals surface area contributed by atoms with Crippen LogP contribution in [0.2, 0.25) is 0 Å². The summed E-state index contributed by atoms with van der Waals surface area (Å²) in [5.74, 6) is 3.55. The van der Waals surface area contributed by atoms with Crippen molar-refractivity contribution in [2.45, 2.75) is 55.2 Å². The summed E-state index contributed by atoms with van der Waals surface area (Å²) in [6.45, 7) is 0. The van der Waals surface area contributed by atoms with Gasteiger partial charge in [0.25, 0.3) is 0 Å². The van der Waals surface area contributed by atoms with E-state index in [-0.39, 0.29) is 5.75 Å². The van der Waals surface area contributed by atoms with Crippen LogP contribution in [-0.2, 0) is 69.3 Å². The molecule has 6 aromatic carbocycles. The molecule has 0 radical (unpaired) electrons. The molecule has 1 atom stereocenters. The molecule has 0 heterocycles. The molecule has 76 heavy (non-hydrogen) atoms. The van der Waals surface area contributed by atoms with Crippen molar-refractivity contribution in [3.63, 3.8) is 0 Å². The van der Waals surface area contributed by atoms with Crippen LogP contribution in [0, 0.1) is 11.2 Å². The lowest BCUT2D eigenvalue weighted by Crippen LogP contribution is -2.75. The monoisotopic (exact) mass is 1130 g/mol. The minimum absolute atomic E-state index is 0.210. The van der Waals surface area contributed by atoms with E-state index >= 15 is 0 Å². The quantitative estimate of drug-likeness (QED) is 0.0781. The number of hydrogen-bond acceptors (Lipinski definition) is 2. The van der Waals surface area contributed by atoms with Gasteiger partial charge < -0.3 is 5.11 Å². The molecule has 0 aliphatic heterocycles. The van der Waals surface area contributed by atoms with E-state index in [1.54, 1.807) is 30.5 Å². The SMILES string of the molecule is C[S+](=O)(C#Cc1ccccc1)Cc1ccc(O)cc1.FC(F)(F)c1cc([B-](c2cc(C(F)(F)F)cc(C(F)(F)F)c2)(c2cc(C(F)(F)F)cc(C(F)(F)F)c2)c2cc(C(F)(F)F)cc(C(F)(F)F)c2)cc(C(F)(F)F)c1. The van der Waals surface area contributed by atoms with Gasteiger partial charge in [0.2, 0.25) is 0 Å². The van der Waals surface area contributed by atoms with Gasteiger partial charge in [-0.05, 0) is 54.5 Å². The van der Waals surface area contributed by atoms with Crippen molar-refractivity contribution in [2.24, 2.45) is 0 Å². The number of benzene rings is 6. The van der Waals surface area contributed by atoms with Crippen LogP contribution in [0.1, 0.15) is 55.6 Å². The molecule has 28 heteroatoms. The fraction of sp³-hybridized carbons (Fsp3) is 0.208. The number of phenolic OH excluding ortho intramolecular Hbond substituents is 1. The van der Waals surface area contributed by atoms with Crippen LogP contribution in [0.15, 0.2) is 127 Å². The summed E-state index contributed by atoms with van der Waals surface area (Å²) in [4.78, 5) is 0. The molecular weight excluding hydrogens is 1110 g/mol. The van der Waals surface area contributed by atoms with Crippen LogP contribution in [-0.4, -0.2) is 17.5 Å². The lowest BCUT2D eigenvalue weighted by atomic mass is 9.12. The van der Waals surface area contributed by atoms with Crippen LogP contribution < -0.4 is 21.9 Å². The Morgan fingerprint density at radius 2 is 0.618 bits per heavy atom. The first-order valence-electron chi connectivity index (χ1n) is 20.5. The number of phenols is 1. The van der Waals surface area contributed by atoms with E-state index in [0.717, 1.165) is 11.1 Å². The van der Waals surface area contributed by atoms with Gasteiger partial charge in [0.05, 0.1) is 44.5 Å². The van der Waals surface area contributed by atoms with Gasteiger partial charge in [0.15, 0.2) is 15.2 Å². The maximum Gasteiger partial charge on any atom is 0.416 e. The van der Waals surface area contributed by atoms with Crippen LogP contribution >= 0.6 is 0 Å². The van der Waals surface area contributed by atoms with Gasteiger partial charge in [-0.3, -0.25) is 0 Å². The molecular formula is C48H27BF24O2S. The molecule has 1 N–H and O–H groups in total. The molecule has 1 unspecified atom stereocenters. The molecule has 0 aromatic heterocycles. The van der Waals surface area contributed by atoms with Crippen molar-refractivity contribution in [1.29, 1.82) is 0 Å². The molecule has 0 aliphatic rings. The maximum atomic E-state index is 14.2. The number of alkyl halides is 24. The summed E-state index contributed by atoms with van der Waals surface area (Å²) < 4.78 is 353. The second kappa shape index (κ2) is 20.6. The Kier molecular flexibility index (Phi) is 16.3. The van der Waals surface area contributed by atoms with E-state index in [1.807, 2.05) is 30.3 Å². The summed E-state index contributed by atoms with van der Waals surface area (Å²) in [5, 5.41) is 12.1. The number of halogens is 24. The molecule has 2 nitrogen and oxygen atoms in total. The van der Waals surface area contributed by atoms with Gasteiger partial charge >= 0.3 is 49.4 Å². The Morgan fingerprint density at radius 1 is 0.382 bits per heavy atom. The first-order chi connectivity index (χ1) is 34.3. The molecule has 0 spiro atoms. The molecule has 408 valence electrons. The molecule has 6 aromatic rings. The Balaban J connectivity index is 0.000000468. The molecule has 0 bridgehead atoms. The van der Waals surface area contributed by atoms with Crippen molar-refractivity contribution < 1.29 is 115 Å². The number of rotatable bonds is 6. The average molecular weight is 1130 g/mol. The van der Waals surface area contributed by atoms with E-state index in [4.69, 9.17) is 0 Å². The third-order valence-corrected chi connectivity index (χ3v) is 12.4. The third kappa shape index (κ3) is 14.6. The van der Waals surface area contributed by atoms with Gasteiger partial charge in [-0.25, -0.2) is 0 Å². The maximum absolute atomic E-state index is 14.2. The Bertz CT molecular complexity index is 2730. The highest BCUT2D eigenvalue weighted by atomic mass is 32.2. The van der Waals surface area contributed by atoms with Gasteiger partial charge in [-0.1, -0.05) is 83.1 Å². The van der Waals surface area contributed by atoms with E-state index in [9.17, 15) is 115 Å². The van der Waals surface area contributed by atoms with Crippen LogP contribution in [0.4, 0.5) is 105 Å². The Labute approximate surface area is 413 Å². The van der Waals surface area contributed by atoms with E-state index in [0.29, 0.717) is 5.75 Å². The first-order valence-corrected chi connectivity index (χ1v) is 22.6. The normalized spacial score (nSPS) is 14.0. The zero-order valence-corrected chi connectivity index (χ0v) is 38.1. The van der Waals surface area contributed by atoms with Crippen molar-refractivity contribution in [1.82, 2.24) is 0 Å². The van der Waals surface area contributed by atoms with Crippen molar-refractivity contribution in [2.75, 3.05) is 6.26 Å². The summed E-state index contributed by atoms with van der Waals surface area (Å²) in [6, 6.07) is 7.42. The second-order valence-corrected chi connectivity index (χ2v) is 19.1. The highest BCUT2D eigenvalue weighted by molar-refractivity contribution is 8.05. The summed E-state index contributed by atoms with van der Waals surface area (Å²) in [5.41, 5.74) is -28.4. The minimum Gasteiger partial charge on any atom is -0.508 e. The fourth-order valence-electron chi connectivity index (χ4n) is 7.71. The molecule has 0 aliphatic carbocycles. The predicted molar refractivity (Wildman–Crippen MR) is 229 cm³/mol. The fourth-order valence-corrected chi connectivity index (χ4v) is 8.94. The van der Waals surface area contributed by atoms with Crippen molar-refractivity contribution >= 4 is 37.9 Å². The standard InChI is InChI=1S/C32H12BF24.C16H14O2S/c34-25(35,36)13-1-14(26(37,38)39)6-21(5-13)33(22-7-15(27(40,41)42)2-16(8-22)28(43,44)45,23-9-17(29(46,47)48)3-18(10-23)30(49,50)51)24-11-19(31(52,53)54)4-20(12-24)32(55,56)57;1-19(18,12-11-14-5-3-2-4-6-14)13-15-7-9-16(17)10-8-15/h1-12H;2-10H,13H2,1H3/q-1;/p+1. The smallest absolute Gasteiger partial charge is 0.416 e. The van der Waals surface area contributed by atoms with Crippen molar-refractivity contribution in [3.8, 4) is 16.9 Å². The topological polar surface area (TPSA) is 37.3 Å². The lowest BCUT2D eigenvalue weighted by Gasteiger charge is -2.46. The van der Waals surface area contributed by atoms with Crippen LogP contribution in [0.3, 0.4) is 0 Å². The number of hydrogen-bond donors (Lipinski definition) is 1. The van der Waals surface area contributed by atoms with Gasteiger partial charge in [-0.15, -0.1) is 0 Å². The van der Waals surface area contributed by atoms with Crippen LogP contribution in [0.25, 0.3) is 0 Å². The molecule has 0 amide bonds. The number of aromatic hydroxyl groups is 1. The largest absolute Gasteiger partial charge is 0.508 e. The van der Waals surface area contributed by atoms with Crippen LogP contribution in [0.5, 0.6) is 5.75 Å². The van der Waals surface area contributed by atoms with E-state index < -0.39 is 205 Å². The van der Waals surface area contributed by atoms with Gasteiger partial charge in [0.1, 0.15) is 23.9 Å². The van der Waals surface area contributed by atoms with E-state index in [2.05, 4.69) is 11.2 Å². The summed E-state index contributed by atoms with van der Waals surface area (Å²) in [7, 11) is -2.24. The highest BCUT2D eigenvalue weighted by Crippen LogP contribution is 2.41. The first kappa shape index (κ1) is 60.1. The predicted octanol–water partition coefficient (Wildman–Crippen LogP) is 14.2. The second-order valence-electron chi connectivity index (χ2n) is 16.6. The third-order valence-electron chi connectivity index (χ3n) is 11.0. The summed E-state index contributed by atoms with van der Waals surface area (Å²) in [6.07, 6.45) is -53.1. The molecule has 6 rings (SSSR count). The Morgan fingerprint density at radius 3 is 0.842 bits per heavy atom. The molecule has 0 saturated carbocycles. The Hall–Kier alpha value is -6.79. The zero-order valence-electron chi connectivity index (χ0n) is 37.2. The zero-order chi connectivity index (χ0) is 57.6. The van der Waals surface area contributed by atoms with Gasteiger partial charge in [0, 0.05) is 11.1 Å². The highest BCUT2D eigenvalue weighted by Gasteiger charge is 2.47. The molecule has 0 fully saturated rings. The van der Waals surface area contributed by atoms with Gasteiger partial charge in [-0.2, -0.15) is 127 Å². The average Bonchev–Trinajstić information content (AvgIpc) is 3.27. The van der Waals surface area contributed by atoms with Crippen molar-refractivity contribution in [3.05, 3.63) is 183 Å². The summed E-state index contributed by atoms with van der Waals surface area (Å²) >= 11 is 0. The van der Waals surface area contributed by atoms with E-state index in [1.165, 1.54) is 0 Å².